The third-order valence-electron chi connectivity index (χ3n) is 4.57. The third-order valence-corrected chi connectivity index (χ3v) is 7.24. The number of halogens is 2. The molecule has 6 nitrogen and oxygen atoms in total. The van der Waals surface area contributed by atoms with Crippen molar-refractivity contribution in [2.45, 2.75) is 25.2 Å². The van der Waals surface area contributed by atoms with Crippen LogP contribution in [0.15, 0.2) is 40.6 Å². The Morgan fingerprint density at radius 2 is 2.00 bits per heavy atom. The maximum Gasteiger partial charge on any atom is 0.336 e. The van der Waals surface area contributed by atoms with Gasteiger partial charge in [0.2, 0.25) is 10.0 Å². The van der Waals surface area contributed by atoms with E-state index in [1.165, 1.54) is 29.5 Å². The van der Waals surface area contributed by atoms with E-state index in [4.69, 9.17) is 11.6 Å². The molecule has 0 unspecified atom stereocenters. The SMILES string of the molecule is Cc1cc(S(=O)(=O)NCCc2csc(-c3ccc(F)c(Cl)c3)n2)cc(C(=O)O)c1C. The molecule has 1 aromatic heterocycles. The number of hydrogen-bond donors (Lipinski definition) is 2. The summed E-state index contributed by atoms with van der Waals surface area (Å²) in [7, 11) is -3.88. The number of carboxylic acid groups (broad SMARTS) is 1. The number of thiazole rings is 1. The van der Waals surface area contributed by atoms with Crippen LogP contribution in [0.1, 0.15) is 27.2 Å². The Morgan fingerprint density at radius 1 is 1.27 bits per heavy atom. The van der Waals surface area contributed by atoms with Gasteiger partial charge in [0.25, 0.3) is 0 Å². The van der Waals surface area contributed by atoms with Gasteiger partial charge in [-0.1, -0.05) is 11.6 Å². The first-order chi connectivity index (χ1) is 14.1. The van der Waals surface area contributed by atoms with Crippen molar-refractivity contribution in [2.24, 2.45) is 0 Å². The molecule has 0 aliphatic carbocycles. The highest BCUT2D eigenvalue weighted by atomic mass is 35.5. The fourth-order valence-electron chi connectivity index (χ4n) is 2.78. The number of sulfonamides is 1. The molecule has 0 amide bonds. The number of nitrogens with zero attached hydrogens (tertiary/aromatic N) is 1. The van der Waals surface area contributed by atoms with Gasteiger partial charge >= 0.3 is 5.97 Å². The van der Waals surface area contributed by atoms with Crippen LogP contribution < -0.4 is 4.72 Å². The molecule has 0 saturated carbocycles. The summed E-state index contributed by atoms with van der Waals surface area (Å²) < 4.78 is 41.0. The minimum absolute atomic E-state index is 0.00568. The minimum atomic E-state index is -3.88. The molecule has 30 heavy (non-hydrogen) atoms. The molecule has 0 atom stereocenters. The van der Waals surface area contributed by atoms with Crippen molar-refractivity contribution < 1.29 is 22.7 Å². The van der Waals surface area contributed by atoms with Gasteiger partial charge in [-0.15, -0.1) is 11.3 Å². The van der Waals surface area contributed by atoms with Gasteiger partial charge in [-0.25, -0.2) is 27.3 Å². The van der Waals surface area contributed by atoms with Gasteiger partial charge in [0, 0.05) is 23.9 Å². The fraction of sp³-hybridized carbons (Fsp3) is 0.200. The van der Waals surface area contributed by atoms with Gasteiger partial charge in [-0.05, 0) is 55.3 Å². The van der Waals surface area contributed by atoms with E-state index in [1.54, 1.807) is 25.3 Å². The van der Waals surface area contributed by atoms with Crippen molar-refractivity contribution in [1.82, 2.24) is 9.71 Å². The molecular formula is C20H18ClFN2O4S2. The number of hydrogen-bond acceptors (Lipinski definition) is 5. The lowest BCUT2D eigenvalue weighted by molar-refractivity contribution is 0.0695. The molecule has 1 heterocycles. The van der Waals surface area contributed by atoms with Crippen LogP contribution in [0.3, 0.4) is 0 Å². The van der Waals surface area contributed by atoms with Crippen LogP contribution in [0.2, 0.25) is 5.02 Å². The lowest BCUT2D eigenvalue weighted by Crippen LogP contribution is -2.26. The van der Waals surface area contributed by atoms with Crippen LogP contribution in [-0.4, -0.2) is 31.0 Å². The van der Waals surface area contributed by atoms with Crippen molar-refractivity contribution >= 4 is 38.9 Å². The first kappa shape index (κ1) is 22.4. The Bertz CT molecular complexity index is 1230. The molecule has 0 bridgehead atoms. The molecule has 158 valence electrons. The topological polar surface area (TPSA) is 96.4 Å². The van der Waals surface area contributed by atoms with Gasteiger partial charge in [0.15, 0.2) is 0 Å². The number of aromatic nitrogens is 1. The molecule has 3 rings (SSSR count). The second kappa shape index (κ2) is 8.81. The molecule has 0 saturated heterocycles. The summed E-state index contributed by atoms with van der Waals surface area (Å²) >= 11 is 7.15. The van der Waals surface area contributed by atoms with E-state index in [1.807, 2.05) is 0 Å². The zero-order valence-electron chi connectivity index (χ0n) is 16.1. The van der Waals surface area contributed by atoms with Gasteiger partial charge in [0.05, 0.1) is 21.2 Å². The first-order valence-electron chi connectivity index (χ1n) is 8.82. The smallest absolute Gasteiger partial charge is 0.336 e. The molecule has 0 aliphatic rings. The second-order valence-corrected chi connectivity index (χ2v) is 9.67. The number of aromatic carboxylic acids is 1. The predicted octanol–water partition coefficient (Wildman–Crippen LogP) is 4.44. The van der Waals surface area contributed by atoms with Crippen molar-refractivity contribution in [1.29, 1.82) is 0 Å². The first-order valence-corrected chi connectivity index (χ1v) is 11.6. The Morgan fingerprint density at radius 3 is 2.67 bits per heavy atom. The molecule has 0 fully saturated rings. The summed E-state index contributed by atoms with van der Waals surface area (Å²) in [6.07, 6.45) is 0.335. The average molecular weight is 469 g/mol. The van der Waals surface area contributed by atoms with Crippen LogP contribution in [-0.2, 0) is 16.4 Å². The van der Waals surface area contributed by atoms with Crippen molar-refractivity contribution in [2.75, 3.05) is 6.54 Å². The van der Waals surface area contributed by atoms with Gasteiger partial charge in [-0.3, -0.25) is 0 Å². The zero-order valence-corrected chi connectivity index (χ0v) is 18.5. The number of carbonyl (C=O) groups is 1. The van der Waals surface area contributed by atoms with Crippen molar-refractivity contribution in [3.8, 4) is 10.6 Å². The number of benzene rings is 2. The normalized spacial score (nSPS) is 11.6. The second-order valence-electron chi connectivity index (χ2n) is 6.64. The molecule has 10 heteroatoms. The molecule has 3 aromatic rings. The van der Waals surface area contributed by atoms with E-state index in [0.717, 1.165) is 6.07 Å². The van der Waals surface area contributed by atoms with Gasteiger partial charge < -0.3 is 5.11 Å². The minimum Gasteiger partial charge on any atom is -0.478 e. The number of carboxylic acids is 1. The fourth-order valence-corrected chi connectivity index (χ4v) is 4.96. The Labute approximate surface area is 182 Å². The summed E-state index contributed by atoms with van der Waals surface area (Å²) in [6, 6.07) is 6.94. The standard InChI is InChI=1S/C20H18ClFN2O4S2/c1-11-7-15(9-16(12(11)2)20(25)26)30(27,28)23-6-5-14-10-29-19(24-14)13-3-4-18(22)17(21)8-13/h3-4,7-10,23H,5-6H2,1-2H3,(H,25,26). The Kier molecular flexibility index (Phi) is 6.56. The third kappa shape index (κ3) is 4.86. The van der Waals surface area contributed by atoms with E-state index in [2.05, 4.69) is 9.71 Å². The lowest BCUT2D eigenvalue weighted by atomic mass is 10.0. The summed E-state index contributed by atoms with van der Waals surface area (Å²) in [5, 5.41) is 11.7. The van der Waals surface area contributed by atoms with Crippen LogP contribution in [0, 0.1) is 19.7 Å². The van der Waals surface area contributed by atoms with Crippen molar-refractivity contribution in [3.05, 3.63) is 68.9 Å². The number of rotatable bonds is 7. The quantitative estimate of drug-likeness (QED) is 0.534. The maximum absolute atomic E-state index is 13.3. The highest BCUT2D eigenvalue weighted by Gasteiger charge is 2.19. The zero-order chi connectivity index (χ0) is 22.1. The van der Waals surface area contributed by atoms with E-state index in [-0.39, 0.29) is 22.0 Å². The Hall–Kier alpha value is -2.33. The highest BCUT2D eigenvalue weighted by Crippen LogP contribution is 2.27. The van der Waals surface area contributed by atoms with Gasteiger partial charge in [0.1, 0.15) is 10.8 Å². The van der Waals surface area contributed by atoms with E-state index in [9.17, 15) is 22.7 Å². The predicted molar refractivity (Wildman–Crippen MR) is 114 cm³/mol. The van der Waals surface area contributed by atoms with Crippen LogP contribution in [0.5, 0.6) is 0 Å². The summed E-state index contributed by atoms with van der Waals surface area (Å²) in [4.78, 5) is 15.7. The molecule has 0 radical (unpaired) electrons. The maximum atomic E-state index is 13.3. The van der Waals surface area contributed by atoms with Crippen molar-refractivity contribution in [3.63, 3.8) is 0 Å². The van der Waals surface area contributed by atoms with Crippen LogP contribution >= 0.6 is 22.9 Å². The monoisotopic (exact) mass is 468 g/mol. The summed E-state index contributed by atoms with van der Waals surface area (Å²) in [6.45, 7) is 3.39. The highest BCUT2D eigenvalue weighted by molar-refractivity contribution is 7.89. The molecule has 0 spiro atoms. The molecule has 2 N–H and O–H groups in total. The van der Waals surface area contributed by atoms with E-state index in [0.29, 0.717) is 33.8 Å². The summed E-state index contributed by atoms with van der Waals surface area (Å²) in [5.74, 6) is -1.69. The Balaban J connectivity index is 1.70. The largest absolute Gasteiger partial charge is 0.478 e. The molecular weight excluding hydrogens is 451 g/mol. The van der Waals surface area contributed by atoms with Crippen LogP contribution in [0.25, 0.3) is 10.6 Å². The van der Waals surface area contributed by atoms with E-state index < -0.39 is 21.8 Å². The average Bonchev–Trinajstić information content (AvgIpc) is 3.14. The molecule has 0 aliphatic heterocycles. The van der Waals surface area contributed by atoms with E-state index >= 15 is 0 Å². The number of nitrogens with one attached hydrogen (secondary N) is 1. The van der Waals surface area contributed by atoms with Gasteiger partial charge in [-0.2, -0.15) is 0 Å². The van der Waals surface area contributed by atoms with Crippen LogP contribution in [0.4, 0.5) is 4.39 Å². The number of aryl methyl sites for hydroxylation is 1. The molecule has 2 aromatic carbocycles. The summed E-state index contributed by atoms with van der Waals surface area (Å²) in [5.41, 5.74) is 2.41. The lowest BCUT2D eigenvalue weighted by Gasteiger charge is -2.11.